The minimum Gasteiger partial charge on any atom is -0.346 e. The highest BCUT2D eigenvalue weighted by Gasteiger charge is 2.27. The fourth-order valence-electron chi connectivity index (χ4n) is 1.02. The largest absolute Gasteiger partial charge is 0.346 e. The van der Waals surface area contributed by atoms with Crippen molar-refractivity contribution in [1.29, 1.82) is 0 Å². The van der Waals surface area contributed by atoms with E-state index >= 15 is 0 Å². The van der Waals surface area contributed by atoms with Gasteiger partial charge in [0.2, 0.25) is 0 Å². The lowest BCUT2D eigenvalue weighted by Crippen LogP contribution is -2.41. The second-order valence-electron chi connectivity index (χ2n) is 3.37. The van der Waals surface area contributed by atoms with Crippen LogP contribution < -0.4 is 11.1 Å². The van der Waals surface area contributed by atoms with Crippen LogP contribution in [-0.4, -0.2) is 24.9 Å². The number of carbonyl (C=O) groups is 1. The van der Waals surface area contributed by atoms with E-state index in [1.54, 1.807) is 0 Å². The molecule has 102 valence electrons. The third kappa shape index (κ3) is 4.72. The lowest BCUT2D eigenvalue weighted by molar-refractivity contribution is 0.0118. The Bertz CT molecular complexity index is 430. The minimum atomic E-state index is -3.17. The van der Waals surface area contributed by atoms with Gasteiger partial charge < -0.3 is 11.1 Å². The lowest BCUT2D eigenvalue weighted by atomic mass is 10.2. The Kier molecular flexibility index (Phi) is 6.45. The van der Waals surface area contributed by atoms with Crippen LogP contribution in [0, 0.1) is 5.82 Å². The zero-order chi connectivity index (χ0) is 13.1. The standard InChI is InChI=1S/C10H10ClF3N2O.ClH/c11-7-3-6(1-2-8(7)12)9(17)16-5-10(13,14)4-15;/h1-3H,4-5,15H2,(H,16,17);1H. The minimum absolute atomic E-state index is 0. The smallest absolute Gasteiger partial charge is 0.277 e. The van der Waals surface area contributed by atoms with E-state index in [0.29, 0.717) is 0 Å². The van der Waals surface area contributed by atoms with Gasteiger partial charge in [-0.25, -0.2) is 13.2 Å². The van der Waals surface area contributed by atoms with Crippen LogP contribution in [0.15, 0.2) is 18.2 Å². The second kappa shape index (κ2) is 6.82. The van der Waals surface area contributed by atoms with Gasteiger partial charge >= 0.3 is 0 Å². The van der Waals surface area contributed by atoms with E-state index in [9.17, 15) is 18.0 Å². The first kappa shape index (κ1) is 17.0. The number of hydrogen-bond donors (Lipinski definition) is 2. The Balaban J connectivity index is 0.00000289. The molecule has 0 aliphatic heterocycles. The van der Waals surface area contributed by atoms with Gasteiger partial charge in [-0.3, -0.25) is 4.79 Å². The topological polar surface area (TPSA) is 55.1 Å². The van der Waals surface area contributed by atoms with Crippen LogP contribution in [0.2, 0.25) is 5.02 Å². The first-order valence-electron chi connectivity index (χ1n) is 4.67. The first-order valence-corrected chi connectivity index (χ1v) is 5.04. The van der Waals surface area contributed by atoms with E-state index in [1.807, 2.05) is 5.32 Å². The van der Waals surface area contributed by atoms with Crippen molar-refractivity contribution in [2.45, 2.75) is 5.92 Å². The van der Waals surface area contributed by atoms with Crippen molar-refractivity contribution in [3.05, 3.63) is 34.6 Å². The maximum Gasteiger partial charge on any atom is 0.277 e. The van der Waals surface area contributed by atoms with Crippen LogP contribution in [0.5, 0.6) is 0 Å². The summed E-state index contributed by atoms with van der Waals surface area (Å²) < 4.78 is 38.3. The summed E-state index contributed by atoms with van der Waals surface area (Å²) in [7, 11) is 0. The molecular weight excluding hydrogens is 292 g/mol. The van der Waals surface area contributed by atoms with E-state index in [-0.39, 0.29) is 23.0 Å². The van der Waals surface area contributed by atoms with E-state index in [0.717, 1.165) is 18.2 Å². The number of amides is 1. The molecule has 1 aromatic rings. The molecule has 8 heteroatoms. The summed E-state index contributed by atoms with van der Waals surface area (Å²) in [6.07, 6.45) is 0. The number of halogens is 5. The Morgan fingerprint density at radius 1 is 1.44 bits per heavy atom. The first-order chi connectivity index (χ1) is 7.85. The average molecular weight is 303 g/mol. The molecule has 0 atom stereocenters. The molecule has 0 aliphatic carbocycles. The number of hydrogen-bond acceptors (Lipinski definition) is 2. The monoisotopic (exact) mass is 302 g/mol. The number of benzene rings is 1. The fraction of sp³-hybridized carbons (Fsp3) is 0.300. The summed E-state index contributed by atoms with van der Waals surface area (Å²) in [5, 5.41) is 1.74. The van der Waals surface area contributed by atoms with Crippen LogP contribution in [0.1, 0.15) is 10.4 Å². The van der Waals surface area contributed by atoms with Gasteiger partial charge in [-0.2, -0.15) is 0 Å². The van der Waals surface area contributed by atoms with Crippen molar-refractivity contribution in [2.75, 3.05) is 13.1 Å². The SMILES string of the molecule is Cl.NCC(F)(F)CNC(=O)c1ccc(F)c(Cl)c1. The summed E-state index contributed by atoms with van der Waals surface area (Å²) in [4.78, 5) is 11.4. The van der Waals surface area contributed by atoms with Gasteiger partial charge in [0.05, 0.1) is 18.1 Å². The Morgan fingerprint density at radius 2 is 2.06 bits per heavy atom. The number of carbonyl (C=O) groups excluding carboxylic acids is 1. The molecular formula is C10H11Cl2F3N2O. The molecule has 18 heavy (non-hydrogen) atoms. The van der Waals surface area contributed by atoms with Crippen molar-refractivity contribution in [2.24, 2.45) is 5.73 Å². The van der Waals surface area contributed by atoms with Crippen LogP contribution >= 0.6 is 24.0 Å². The number of alkyl halides is 2. The summed E-state index contributed by atoms with van der Waals surface area (Å²) in [5.74, 6) is -4.62. The van der Waals surface area contributed by atoms with Gasteiger partial charge in [-0.15, -0.1) is 12.4 Å². The summed E-state index contributed by atoms with van der Waals surface area (Å²) >= 11 is 5.45. The zero-order valence-electron chi connectivity index (χ0n) is 9.05. The summed E-state index contributed by atoms with van der Waals surface area (Å²) in [6.45, 7) is -1.74. The normalized spacial score (nSPS) is 10.7. The highest BCUT2D eigenvalue weighted by atomic mass is 35.5. The summed E-state index contributed by atoms with van der Waals surface area (Å²) in [6, 6.07) is 3.20. The number of nitrogens with two attached hydrogens (primary N) is 1. The fourth-order valence-corrected chi connectivity index (χ4v) is 1.20. The van der Waals surface area contributed by atoms with Crippen LogP contribution in [0.3, 0.4) is 0 Å². The van der Waals surface area contributed by atoms with Crippen molar-refractivity contribution < 1.29 is 18.0 Å². The van der Waals surface area contributed by atoms with Gasteiger partial charge in [0.25, 0.3) is 11.8 Å². The molecule has 3 N–H and O–H groups in total. The van der Waals surface area contributed by atoms with E-state index in [2.05, 4.69) is 0 Å². The van der Waals surface area contributed by atoms with Crippen LogP contribution in [-0.2, 0) is 0 Å². The van der Waals surface area contributed by atoms with Crippen molar-refractivity contribution in [3.63, 3.8) is 0 Å². The van der Waals surface area contributed by atoms with Crippen molar-refractivity contribution in [3.8, 4) is 0 Å². The molecule has 0 aliphatic rings. The number of nitrogens with one attached hydrogen (secondary N) is 1. The van der Waals surface area contributed by atoms with Crippen molar-refractivity contribution in [1.82, 2.24) is 5.32 Å². The Hall–Kier alpha value is -0.980. The molecule has 0 spiro atoms. The van der Waals surface area contributed by atoms with E-state index < -0.39 is 30.7 Å². The molecule has 0 fully saturated rings. The zero-order valence-corrected chi connectivity index (χ0v) is 10.6. The third-order valence-electron chi connectivity index (χ3n) is 1.99. The Labute approximate surface area is 113 Å². The molecule has 0 radical (unpaired) electrons. The van der Waals surface area contributed by atoms with E-state index in [1.165, 1.54) is 0 Å². The van der Waals surface area contributed by atoms with E-state index in [4.69, 9.17) is 17.3 Å². The quantitative estimate of drug-likeness (QED) is 0.896. The molecule has 1 aromatic carbocycles. The predicted octanol–water partition coefficient (Wildman–Crippen LogP) is 2.22. The highest BCUT2D eigenvalue weighted by Crippen LogP contribution is 2.16. The van der Waals surface area contributed by atoms with Crippen molar-refractivity contribution >= 4 is 29.9 Å². The van der Waals surface area contributed by atoms with Crippen LogP contribution in [0.25, 0.3) is 0 Å². The molecule has 0 saturated heterocycles. The van der Waals surface area contributed by atoms with Gasteiger partial charge in [0.15, 0.2) is 0 Å². The number of rotatable bonds is 4. The third-order valence-corrected chi connectivity index (χ3v) is 2.28. The molecule has 0 unspecified atom stereocenters. The second-order valence-corrected chi connectivity index (χ2v) is 3.78. The Morgan fingerprint density at radius 3 is 2.56 bits per heavy atom. The predicted molar refractivity (Wildman–Crippen MR) is 65.0 cm³/mol. The molecule has 3 nitrogen and oxygen atoms in total. The molecule has 0 bridgehead atoms. The van der Waals surface area contributed by atoms with Gasteiger partial charge in [-0.05, 0) is 18.2 Å². The maximum atomic E-state index is 12.8. The molecule has 1 amide bonds. The lowest BCUT2D eigenvalue weighted by Gasteiger charge is -2.14. The van der Waals surface area contributed by atoms with Gasteiger partial charge in [0.1, 0.15) is 5.82 Å². The molecule has 1 rings (SSSR count). The molecule has 0 aromatic heterocycles. The molecule has 0 saturated carbocycles. The van der Waals surface area contributed by atoms with Gasteiger partial charge in [0, 0.05) is 5.56 Å². The van der Waals surface area contributed by atoms with Gasteiger partial charge in [-0.1, -0.05) is 11.6 Å². The highest BCUT2D eigenvalue weighted by molar-refractivity contribution is 6.31. The maximum absolute atomic E-state index is 12.8. The average Bonchev–Trinajstić information content (AvgIpc) is 2.30. The molecule has 0 heterocycles. The summed E-state index contributed by atoms with van der Waals surface area (Å²) in [5.41, 5.74) is 4.81. The van der Waals surface area contributed by atoms with Crippen LogP contribution in [0.4, 0.5) is 13.2 Å².